The number of aliphatic hydroxyl groups is 1. The molecule has 0 heterocycles. The van der Waals surface area contributed by atoms with Gasteiger partial charge in [-0.05, 0) is 23.8 Å². The van der Waals surface area contributed by atoms with Crippen LogP contribution in [0.25, 0.3) is 6.08 Å². The Morgan fingerprint density at radius 1 is 1.19 bits per heavy atom. The van der Waals surface area contributed by atoms with Gasteiger partial charge in [-0.25, -0.2) is 0 Å². The summed E-state index contributed by atoms with van der Waals surface area (Å²) in [5.41, 5.74) is 1.20. The summed E-state index contributed by atoms with van der Waals surface area (Å²) in [4.78, 5) is 0. The molecule has 0 radical (unpaired) electrons. The Morgan fingerprint density at radius 2 is 1.81 bits per heavy atom. The van der Waals surface area contributed by atoms with Crippen LogP contribution in [0.1, 0.15) is 39.2 Å². The summed E-state index contributed by atoms with van der Waals surface area (Å²) in [5.74, 6) is 0. The Bertz CT molecular complexity index is 319. The maximum atomic E-state index is 9.85. The Morgan fingerprint density at radius 3 is 2.38 bits per heavy atom. The predicted molar refractivity (Wildman–Crippen MR) is 70.2 cm³/mol. The largest absolute Gasteiger partial charge is 0.393 e. The zero-order chi connectivity index (χ0) is 12.0. The average Bonchev–Trinajstić information content (AvgIpc) is 2.24. The normalized spacial score (nSPS) is 14.2. The second-order valence-electron chi connectivity index (χ2n) is 5.27. The van der Waals surface area contributed by atoms with Gasteiger partial charge in [0.05, 0.1) is 6.10 Å². The monoisotopic (exact) mass is 218 g/mol. The molecule has 0 bridgehead atoms. The van der Waals surface area contributed by atoms with Gasteiger partial charge in [-0.1, -0.05) is 63.3 Å². The third-order valence-corrected chi connectivity index (χ3v) is 2.72. The fraction of sp³-hybridized carbons (Fsp3) is 0.467. The fourth-order valence-electron chi connectivity index (χ4n) is 1.47. The van der Waals surface area contributed by atoms with E-state index in [4.69, 9.17) is 0 Å². The summed E-state index contributed by atoms with van der Waals surface area (Å²) in [5, 5.41) is 9.85. The number of benzene rings is 1. The predicted octanol–water partition coefficient (Wildman–Crippen LogP) is 3.89. The van der Waals surface area contributed by atoms with E-state index in [-0.39, 0.29) is 11.5 Å². The molecule has 0 saturated carbocycles. The highest BCUT2D eigenvalue weighted by atomic mass is 16.3. The molecule has 16 heavy (non-hydrogen) atoms. The molecule has 0 aliphatic rings. The number of aliphatic hydroxyl groups excluding tert-OH is 1. The Labute approximate surface area is 98.8 Å². The van der Waals surface area contributed by atoms with Gasteiger partial charge in [0, 0.05) is 0 Å². The highest BCUT2D eigenvalue weighted by molar-refractivity contribution is 5.48. The lowest BCUT2D eigenvalue weighted by atomic mass is 9.86. The smallest absolute Gasteiger partial charge is 0.0591 e. The van der Waals surface area contributed by atoms with E-state index in [0.29, 0.717) is 0 Å². The summed E-state index contributed by atoms with van der Waals surface area (Å²) in [7, 11) is 0. The summed E-state index contributed by atoms with van der Waals surface area (Å²) in [6, 6.07) is 10.2. The molecule has 1 atom stereocenters. The molecule has 0 fully saturated rings. The van der Waals surface area contributed by atoms with Gasteiger partial charge in [-0.2, -0.15) is 0 Å². The minimum absolute atomic E-state index is 0.0133. The van der Waals surface area contributed by atoms with E-state index in [0.717, 1.165) is 12.8 Å². The Kier molecular flexibility index (Phi) is 4.75. The van der Waals surface area contributed by atoms with Crippen molar-refractivity contribution in [3.63, 3.8) is 0 Å². The van der Waals surface area contributed by atoms with Crippen molar-refractivity contribution in [3.05, 3.63) is 42.0 Å². The molecule has 1 unspecified atom stereocenters. The lowest BCUT2D eigenvalue weighted by Crippen LogP contribution is -2.25. The quantitative estimate of drug-likeness (QED) is 0.813. The van der Waals surface area contributed by atoms with Crippen LogP contribution in [0.4, 0.5) is 0 Å². The number of rotatable bonds is 4. The molecule has 0 aromatic heterocycles. The van der Waals surface area contributed by atoms with Crippen LogP contribution >= 0.6 is 0 Å². The van der Waals surface area contributed by atoms with Crippen LogP contribution in [-0.4, -0.2) is 11.2 Å². The second-order valence-corrected chi connectivity index (χ2v) is 5.27. The molecule has 1 heteroatoms. The summed E-state index contributed by atoms with van der Waals surface area (Å²) >= 11 is 0. The van der Waals surface area contributed by atoms with Crippen molar-refractivity contribution in [2.75, 3.05) is 0 Å². The summed E-state index contributed by atoms with van der Waals surface area (Å²) < 4.78 is 0. The van der Waals surface area contributed by atoms with Crippen molar-refractivity contribution in [2.24, 2.45) is 5.41 Å². The molecule has 0 amide bonds. The van der Waals surface area contributed by atoms with Gasteiger partial charge in [-0.15, -0.1) is 0 Å². The van der Waals surface area contributed by atoms with E-state index in [1.54, 1.807) is 0 Å². The zero-order valence-electron chi connectivity index (χ0n) is 10.5. The van der Waals surface area contributed by atoms with Crippen molar-refractivity contribution < 1.29 is 5.11 Å². The summed E-state index contributed by atoms with van der Waals surface area (Å²) in [6.07, 6.45) is 5.76. The number of hydrogen-bond acceptors (Lipinski definition) is 1. The van der Waals surface area contributed by atoms with Crippen molar-refractivity contribution in [1.82, 2.24) is 0 Å². The maximum absolute atomic E-state index is 9.85. The third-order valence-electron chi connectivity index (χ3n) is 2.72. The molecule has 1 aromatic carbocycles. The highest BCUT2D eigenvalue weighted by Gasteiger charge is 2.20. The van der Waals surface area contributed by atoms with Crippen LogP contribution in [0.5, 0.6) is 0 Å². The standard InChI is InChI=1S/C15H22O/c1-15(2,3)14(16)12-8-7-11-13-9-5-4-6-10-13/h4-7,9-11,14,16H,8,12H2,1-3H3. The molecular weight excluding hydrogens is 196 g/mol. The van der Waals surface area contributed by atoms with E-state index < -0.39 is 0 Å². The Balaban J connectivity index is 2.34. The van der Waals surface area contributed by atoms with Gasteiger partial charge in [0.25, 0.3) is 0 Å². The van der Waals surface area contributed by atoms with E-state index in [9.17, 15) is 5.11 Å². The average molecular weight is 218 g/mol. The van der Waals surface area contributed by atoms with E-state index in [1.807, 2.05) is 18.2 Å². The van der Waals surface area contributed by atoms with E-state index in [1.165, 1.54) is 5.56 Å². The van der Waals surface area contributed by atoms with Crippen molar-refractivity contribution >= 4 is 6.08 Å². The molecule has 1 nitrogen and oxygen atoms in total. The van der Waals surface area contributed by atoms with Gasteiger partial charge >= 0.3 is 0 Å². The molecule has 1 N–H and O–H groups in total. The zero-order valence-corrected chi connectivity index (χ0v) is 10.5. The van der Waals surface area contributed by atoms with Crippen LogP contribution in [0.15, 0.2) is 36.4 Å². The fourth-order valence-corrected chi connectivity index (χ4v) is 1.47. The second kappa shape index (κ2) is 5.86. The van der Waals surface area contributed by atoms with E-state index >= 15 is 0 Å². The third kappa shape index (κ3) is 4.63. The van der Waals surface area contributed by atoms with Crippen LogP contribution in [0, 0.1) is 5.41 Å². The van der Waals surface area contributed by atoms with Gasteiger partial charge in [0.2, 0.25) is 0 Å². The Hall–Kier alpha value is -1.08. The SMILES string of the molecule is CC(C)(C)C(O)CCC=Cc1ccccc1. The number of hydrogen-bond donors (Lipinski definition) is 1. The highest BCUT2D eigenvalue weighted by Crippen LogP contribution is 2.22. The van der Waals surface area contributed by atoms with Crippen molar-refractivity contribution in [3.8, 4) is 0 Å². The first-order valence-electron chi connectivity index (χ1n) is 5.90. The molecule has 1 rings (SSSR count). The molecule has 1 aromatic rings. The van der Waals surface area contributed by atoms with Gasteiger partial charge in [-0.3, -0.25) is 0 Å². The molecule has 0 aliphatic carbocycles. The minimum Gasteiger partial charge on any atom is -0.393 e. The lowest BCUT2D eigenvalue weighted by molar-refractivity contribution is 0.0566. The topological polar surface area (TPSA) is 20.2 Å². The molecule has 88 valence electrons. The lowest BCUT2D eigenvalue weighted by Gasteiger charge is -2.25. The number of allylic oxidation sites excluding steroid dienone is 1. The van der Waals surface area contributed by atoms with Gasteiger partial charge < -0.3 is 5.11 Å². The van der Waals surface area contributed by atoms with Crippen LogP contribution < -0.4 is 0 Å². The van der Waals surface area contributed by atoms with Crippen molar-refractivity contribution in [1.29, 1.82) is 0 Å². The van der Waals surface area contributed by atoms with Crippen LogP contribution in [0.3, 0.4) is 0 Å². The molecule has 0 saturated heterocycles. The summed E-state index contributed by atoms with van der Waals surface area (Å²) in [6.45, 7) is 6.20. The first-order valence-corrected chi connectivity index (χ1v) is 5.90. The van der Waals surface area contributed by atoms with Crippen LogP contribution in [-0.2, 0) is 0 Å². The first-order chi connectivity index (χ1) is 7.50. The molecule has 0 aliphatic heterocycles. The van der Waals surface area contributed by atoms with Crippen LogP contribution in [0.2, 0.25) is 0 Å². The van der Waals surface area contributed by atoms with Gasteiger partial charge in [0.15, 0.2) is 0 Å². The molecule has 0 spiro atoms. The molecular formula is C15H22O. The van der Waals surface area contributed by atoms with Crippen molar-refractivity contribution in [2.45, 2.75) is 39.7 Å². The maximum Gasteiger partial charge on any atom is 0.0591 e. The first kappa shape index (κ1) is 13.0. The minimum atomic E-state index is -0.229. The van der Waals surface area contributed by atoms with E-state index in [2.05, 4.69) is 45.1 Å². The van der Waals surface area contributed by atoms with Gasteiger partial charge in [0.1, 0.15) is 0 Å².